The third-order valence-corrected chi connectivity index (χ3v) is 2.61. The zero-order valence-corrected chi connectivity index (χ0v) is 8.69. The van der Waals surface area contributed by atoms with Gasteiger partial charge in [0.15, 0.2) is 0 Å². The van der Waals surface area contributed by atoms with E-state index in [4.69, 9.17) is 14.5 Å². The van der Waals surface area contributed by atoms with Gasteiger partial charge in [0.1, 0.15) is 5.60 Å². The smallest absolute Gasteiger partial charge is 0.227 e. The van der Waals surface area contributed by atoms with Crippen LogP contribution >= 0.6 is 0 Å². The van der Waals surface area contributed by atoms with Crippen molar-refractivity contribution < 1.29 is 9.26 Å². The van der Waals surface area contributed by atoms with Gasteiger partial charge in [-0.1, -0.05) is 5.16 Å². The van der Waals surface area contributed by atoms with Crippen molar-refractivity contribution >= 4 is 0 Å². The van der Waals surface area contributed by atoms with E-state index in [1.54, 1.807) is 0 Å². The standard InChI is InChI=1S/C10H13N3O2/c1-10(5-3-7-14-10)9-12-8(15-13-9)4-2-6-11/h2-5,7H2,1H3. The number of nitrogens with zero attached hydrogens (tertiary/aromatic N) is 3. The number of aromatic nitrogens is 2. The van der Waals surface area contributed by atoms with Gasteiger partial charge in [0.2, 0.25) is 11.7 Å². The van der Waals surface area contributed by atoms with Crippen molar-refractivity contribution in [1.29, 1.82) is 5.26 Å². The zero-order chi connectivity index (χ0) is 10.7. The largest absolute Gasteiger partial charge is 0.367 e. The maximum absolute atomic E-state index is 8.43. The summed E-state index contributed by atoms with van der Waals surface area (Å²) in [6.45, 7) is 2.72. The number of ether oxygens (including phenoxy) is 1. The minimum Gasteiger partial charge on any atom is -0.367 e. The maximum atomic E-state index is 8.43. The number of nitriles is 1. The van der Waals surface area contributed by atoms with Gasteiger partial charge in [0.25, 0.3) is 0 Å². The Bertz CT molecular complexity index is 374. The lowest BCUT2D eigenvalue weighted by Crippen LogP contribution is -2.21. The summed E-state index contributed by atoms with van der Waals surface area (Å²) >= 11 is 0. The molecule has 1 aromatic heterocycles. The van der Waals surface area contributed by atoms with Gasteiger partial charge in [0, 0.05) is 19.4 Å². The van der Waals surface area contributed by atoms with Crippen LogP contribution in [0.4, 0.5) is 0 Å². The molecule has 0 N–H and O–H groups in total. The summed E-state index contributed by atoms with van der Waals surface area (Å²) < 4.78 is 10.6. The monoisotopic (exact) mass is 207 g/mol. The fourth-order valence-electron chi connectivity index (χ4n) is 1.69. The van der Waals surface area contributed by atoms with E-state index in [2.05, 4.69) is 10.1 Å². The summed E-state index contributed by atoms with van der Waals surface area (Å²) in [5.41, 5.74) is -0.394. The summed E-state index contributed by atoms with van der Waals surface area (Å²) in [6, 6.07) is 2.05. The fourth-order valence-corrected chi connectivity index (χ4v) is 1.69. The molecule has 1 aliphatic rings. The highest BCUT2D eigenvalue weighted by molar-refractivity contribution is 5.01. The number of rotatable bonds is 3. The Kier molecular flexibility index (Phi) is 2.69. The maximum Gasteiger partial charge on any atom is 0.227 e. The van der Waals surface area contributed by atoms with Gasteiger partial charge in [0.05, 0.1) is 6.07 Å². The molecule has 5 heteroatoms. The molecule has 0 aliphatic carbocycles. The number of hydrogen-bond donors (Lipinski definition) is 0. The van der Waals surface area contributed by atoms with Gasteiger partial charge < -0.3 is 9.26 Å². The van der Waals surface area contributed by atoms with E-state index in [1.165, 1.54) is 0 Å². The molecule has 0 spiro atoms. The van der Waals surface area contributed by atoms with Crippen molar-refractivity contribution in [1.82, 2.24) is 10.1 Å². The molecule has 1 saturated heterocycles. The second-order valence-electron chi connectivity index (χ2n) is 3.85. The Hall–Kier alpha value is -1.41. The van der Waals surface area contributed by atoms with Gasteiger partial charge in [-0.2, -0.15) is 10.2 Å². The minimum atomic E-state index is -0.394. The van der Waals surface area contributed by atoms with Crippen molar-refractivity contribution in [3.05, 3.63) is 11.7 Å². The van der Waals surface area contributed by atoms with Crippen LogP contribution in [0.25, 0.3) is 0 Å². The van der Waals surface area contributed by atoms with Crippen LogP contribution in [0.5, 0.6) is 0 Å². The van der Waals surface area contributed by atoms with E-state index in [0.29, 0.717) is 24.6 Å². The average molecular weight is 207 g/mol. The Labute approximate surface area is 88.0 Å². The molecule has 2 heterocycles. The number of aryl methyl sites for hydroxylation is 1. The van der Waals surface area contributed by atoms with Crippen LogP contribution in [0.15, 0.2) is 4.52 Å². The first-order valence-corrected chi connectivity index (χ1v) is 5.08. The van der Waals surface area contributed by atoms with E-state index in [1.807, 2.05) is 13.0 Å². The lowest BCUT2D eigenvalue weighted by atomic mass is 10.0. The third-order valence-electron chi connectivity index (χ3n) is 2.61. The molecule has 1 fully saturated rings. The minimum absolute atomic E-state index is 0.394. The van der Waals surface area contributed by atoms with Crippen molar-refractivity contribution in [2.24, 2.45) is 0 Å². The highest BCUT2D eigenvalue weighted by Crippen LogP contribution is 2.33. The van der Waals surface area contributed by atoms with Crippen LogP contribution in [-0.4, -0.2) is 16.7 Å². The first-order valence-electron chi connectivity index (χ1n) is 5.08. The molecule has 1 unspecified atom stereocenters. The predicted molar refractivity (Wildman–Crippen MR) is 50.8 cm³/mol. The SMILES string of the molecule is CC1(c2noc(CCC#N)n2)CCCO1. The molecule has 1 atom stereocenters. The molecule has 2 rings (SSSR count). The molecule has 5 nitrogen and oxygen atoms in total. The third kappa shape index (κ3) is 2.00. The molecule has 0 bridgehead atoms. The number of hydrogen-bond acceptors (Lipinski definition) is 5. The lowest BCUT2D eigenvalue weighted by Gasteiger charge is -2.17. The van der Waals surface area contributed by atoms with Crippen LogP contribution < -0.4 is 0 Å². The highest BCUT2D eigenvalue weighted by atomic mass is 16.5. The van der Waals surface area contributed by atoms with Crippen LogP contribution in [0, 0.1) is 11.3 Å². The van der Waals surface area contributed by atoms with Crippen LogP contribution in [0.3, 0.4) is 0 Å². The van der Waals surface area contributed by atoms with Crippen molar-refractivity contribution in [3.8, 4) is 6.07 Å². The molecule has 0 saturated carbocycles. The van der Waals surface area contributed by atoms with Crippen LogP contribution in [0.1, 0.15) is 37.9 Å². The molecule has 0 amide bonds. The van der Waals surface area contributed by atoms with E-state index >= 15 is 0 Å². The second kappa shape index (κ2) is 3.99. The van der Waals surface area contributed by atoms with Gasteiger partial charge in [-0.25, -0.2) is 0 Å². The second-order valence-corrected chi connectivity index (χ2v) is 3.85. The van der Waals surface area contributed by atoms with Crippen LogP contribution in [0.2, 0.25) is 0 Å². The molecule has 1 aromatic rings. The van der Waals surface area contributed by atoms with Crippen molar-refractivity contribution in [2.45, 2.75) is 38.2 Å². The van der Waals surface area contributed by atoms with E-state index in [9.17, 15) is 0 Å². The van der Waals surface area contributed by atoms with Gasteiger partial charge in [-0.15, -0.1) is 0 Å². The molecule has 0 radical (unpaired) electrons. The predicted octanol–water partition coefficient (Wildman–Crippen LogP) is 1.55. The fraction of sp³-hybridized carbons (Fsp3) is 0.700. The molecule has 80 valence electrons. The highest BCUT2D eigenvalue weighted by Gasteiger charge is 2.36. The Morgan fingerprint density at radius 3 is 3.13 bits per heavy atom. The summed E-state index contributed by atoms with van der Waals surface area (Å²) in [7, 11) is 0. The van der Waals surface area contributed by atoms with Crippen molar-refractivity contribution in [2.75, 3.05) is 6.61 Å². The quantitative estimate of drug-likeness (QED) is 0.751. The molecule has 0 aromatic carbocycles. The molecule has 1 aliphatic heterocycles. The first-order chi connectivity index (χ1) is 7.24. The molecular weight excluding hydrogens is 194 g/mol. The normalized spacial score (nSPS) is 25.3. The summed E-state index contributed by atoms with van der Waals surface area (Å²) in [5, 5.41) is 12.3. The Balaban J connectivity index is 2.09. The molecule has 15 heavy (non-hydrogen) atoms. The summed E-state index contributed by atoms with van der Waals surface area (Å²) in [4.78, 5) is 4.25. The van der Waals surface area contributed by atoms with Gasteiger partial charge in [-0.3, -0.25) is 0 Å². The first kappa shape index (κ1) is 10.1. The van der Waals surface area contributed by atoms with E-state index < -0.39 is 5.60 Å². The topological polar surface area (TPSA) is 71.9 Å². The zero-order valence-electron chi connectivity index (χ0n) is 8.69. The molecular formula is C10H13N3O2. The van der Waals surface area contributed by atoms with Crippen molar-refractivity contribution in [3.63, 3.8) is 0 Å². The summed E-state index contributed by atoms with van der Waals surface area (Å²) in [6.07, 6.45) is 2.86. The average Bonchev–Trinajstić information content (AvgIpc) is 2.84. The van der Waals surface area contributed by atoms with Gasteiger partial charge in [-0.05, 0) is 19.8 Å². The Morgan fingerprint density at radius 1 is 1.60 bits per heavy atom. The Morgan fingerprint density at radius 2 is 2.47 bits per heavy atom. The van der Waals surface area contributed by atoms with E-state index in [0.717, 1.165) is 19.4 Å². The summed E-state index contributed by atoms with van der Waals surface area (Å²) in [5.74, 6) is 1.12. The van der Waals surface area contributed by atoms with Gasteiger partial charge >= 0.3 is 0 Å². The van der Waals surface area contributed by atoms with Crippen LogP contribution in [-0.2, 0) is 16.8 Å². The van der Waals surface area contributed by atoms with E-state index in [-0.39, 0.29) is 0 Å². The lowest BCUT2D eigenvalue weighted by molar-refractivity contribution is 0.00768.